The number of carbonyl (C=O) groups is 1. The van der Waals surface area contributed by atoms with Crippen LogP contribution in [0.1, 0.15) is 21.5 Å². The van der Waals surface area contributed by atoms with Gasteiger partial charge < -0.3 is 5.73 Å². The van der Waals surface area contributed by atoms with Crippen LogP contribution in [-0.4, -0.2) is 15.7 Å². The van der Waals surface area contributed by atoms with Gasteiger partial charge in [-0.15, -0.1) is 0 Å². The van der Waals surface area contributed by atoms with Gasteiger partial charge in [0, 0.05) is 6.20 Å². The van der Waals surface area contributed by atoms with E-state index in [1.807, 2.05) is 0 Å². The van der Waals surface area contributed by atoms with Crippen molar-refractivity contribution in [1.82, 2.24) is 9.78 Å². The summed E-state index contributed by atoms with van der Waals surface area (Å²) >= 11 is 0. The highest BCUT2D eigenvalue weighted by atomic mass is 19.1. The number of hydrogen-bond acceptors (Lipinski definition) is 3. The standard InChI is InChI=1S/C12H9FN4O/c13-11-2-1-8(3-9(11)4-14)6-17-7-10(5-16-17)12(15)18/h1-3,5,7H,6H2,(H2,15,18). The predicted octanol–water partition coefficient (Wildman–Crippen LogP) is 1.04. The molecule has 1 aromatic heterocycles. The van der Waals surface area contributed by atoms with E-state index in [0.717, 1.165) is 0 Å². The molecule has 0 unspecified atom stereocenters. The van der Waals surface area contributed by atoms with Crippen LogP contribution in [0.25, 0.3) is 0 Å². The third kappa shape index (κ3) is 2.35. The van der Waals surface area contributed by atoms with Crippen LogP contribution in [0.2, 0.25) is 0 Å². The number of nitrogens with two attached hydrogens (primary N) is 1. The number of halogens is 1. The lowest BCUT2D eigenvalue weighted by molar-refractivity contribution is 0.1000. The molecule has 18 heavy (non-hydrogen) atoms. The summed E-state index contributed by atoms with van der Waals surface area (Å²) in [6.07, 6.45) is 2.86. The number of nitriles is 1. The first-order valence-corrected chi connectivity index (χ1v) is 5.11. The van der Waals surface area contributed by atoms with Crippen LogP contribution in [0.5, 0.6) is 0 Å². The molecule has 1 aromatic carbocycles. The molecule has 0 saturated heterocycles. The lowest BCUT2D eigenvalue weighted by atomic mass is 10.1. The van der Waals surface area contributed by atoms with E-state index >= 15 is 0 Å². The van der Waals surface area contributed by atoms with E-state index in [1.54, 1.807) is 12.1 Å². The van der Waals surface area contributed by atoms with Crippen LogP contribution < -0.4 is 5.73 Å². The molecule has 5 nitrogen and oxygen atoms in total. The van der Waals surface area contributed by atoms with E-state index in [4.69, 9.17) is 11.0 Å². The zero-order valence-electron chi connectivity index (χ0n) is 9.30. The SMILES string of the molecule is N#Cc1cc(Cn2cc(C(N)=O)cn2)ccc1F. The van der Waals surface area contributed by atoms with Crippen molar-refractivity contribution in [2.24, 2.45) is 5.73 Å². The van der Waals surface area contributed by atoms with E-state index in [9.17, 15) is 9.18 Å². The summed E-state index contributed by atoms with van der Waals surface area (Å²) in [5.74, 6) is -1.11. The molecule has 2 rings (SSSR count). The lowest BCUT2D eigenvalue weighted by Gasteiger charge is -2.02. The van der Waals surface area contributed by atoms with Crippen molar-refractivity contribution < 1.29 is 9.18 Å². The number of rotatable bonds is 3. The summed E-state index contributed by atoms with van der Waals surface area (Å²) in [5.41, 5.74) is 6.10. The minimum Gasteiger partial charge on any atom is -0.366 e. The van der Waals surface area contributed by atoms with Gasteiger partial charge in [0.2, 0.25) is 0 Å². The summed E-state index contributed by atoms with van der Waals surface area (Å²) < 4.78 is 14.6. The molecule has 1 amide bonds. The number of amides is 1. The smallest absolute Gasteiger partial charge is 0.251 e. The molecule has 0 spiro atoms. The Morgan fingerprint density at radius 1 is 1.56 bits per heavy atom. The van der Waals surface area contributed by atoms with Gasteiger partial charge in [-0.05, 0) is 17.7 Å². The van der Waals surface area contributed by atoms with Crippen molar-refractivity contribution in [3.63, 3.8) is 0 Å². The highest BCUT2D eigenvalue weighted by molar-refractivity contribution is 5.92. The Morgan fingerprint density at radius 3 is 2.94 bits per heavy atom. The Balaban J connectivity index is 2.23. The van der Waals surface area contributed by atoms with E-state index < -0.39 is 11.7 Å². The normalized spacial score (nSPS) is 10.0. The molecule has 90 valence electrons. The van der Waals surface area contributed by atoms with Crippen LogP contribution in [-0.2, 0) is 6.54 Å². The average molecular weight is 244 g/mol. The van der Waals surface area contributed by atoms with Crippen molar-refractivity contribution in [2.75, 3.05) is 0 Å². The van der Waals surface area contributed by atoms with E-state index in [0.29, 0.717) is 17.7 Å². The van der Waals surface area contributed by atoms with Gasteiger partial charge in [0.05, 0.1) is 23.9 Å². The molecular weight excluding hydrogens is 235 g/mol. The number of carbonyl (C=O) groups excluding carboxylic acids is 1. The predicted molar refractivity (Wildman–Crippen MR) is 61.0 cm³/mol. The molecule has 1 heterocycles. The number of nitrogens with zero attached hydrogens (tertiary/aromatic N) is 3. The maximum absolute atomic E-state index is 13.1. The van der Waals surface area contributed by atoms with E-state index in [1.165, 1.54) is 29.2 Å². The second-order valence-corrected chi connectivity index (χ2v) is 3.72. The van der Waals surface area contributed by atoms with Crippen LogP contribution in [0.15, 0.2) is 30.6 Å². The largest absolute Gasteiger partial charge is 0.366 e. The van der Waals surface area contributed by atoms with Crippen LogP contribution in [0.3, 0.4) is 0 Å². The van der Waals surface area contributed by atoms with Crippen LogP contribution in [0.4, 0.5) is 4.39 Å². The molecule has 0 atom stereocenters. The molecule has 2 N–H and O–H groups in total. The minimum atomic E-state index is -0.557. The van der Waals surface area contributed by atoms with Gasteiger partial charge in [0.1, 0.15) is 11.9 Å². The Kier molecular flexibility index (Phi) is 3.06. The first-order valence-electron chi connectivity index (χ1n) is 5.11. The monoisotopic (exact) mass is 244 g/mol. The van der Waals surface area contributed by atoms with Gasteiger partial charge in [0.15, 0.2) is 0 Å². The fourth-order valence-corrected chi connectivity index (χ4v) is 1.52. The number of hydrogen-bond donors (Lipinski definition) is 1. The highest BCUT2D eigenvalue weighted by Crippen LogP contribution is 2.11. The van der Waals surface area contributed by atoms with Gasteiger partial charge in [-0.25, -0.2) is 4.39 Å². The summed E-state index contributed by atoms with van der Waals surface area (Å²) in [6.45, 7) is 0.336. The molecule has 6 heteroatoms. The Hall–Kier alpha value is -2.68. The third-order valence-electron chi connectivity index (χ3n) is 2.41. The van der Waals surface area contributed by atoms with Gasteiger partial charge in [-0.3, -0.25) is 9.48 Å². The number of aromatic nitrogens is 2. The van der Waals surface area contributed by atoms with Gasteiger partial charge in [-0.1, -0.05) is 6.07 Å². The molecule has 2 aromatic rings. The van der Waals surface area contributed by atoms with E-state index in [-0.39, 0.29) is 5.56 Å². The fraction of sp³-hybridized carbons (Fsp3) is 0.0833. The zero-order valence-corrected chi connectivity index (χ0v) is 9.30. The summed E-state index contributed by atoms with van der Waals surface area (Å²) in [4.78, 5) is 10.9. The third-order valence-corrected chi connectivity index (χ3v) is 2.41. The van der Waals surface area contributed by atoms with Crippen molar-refractivity contribution in [3.05, 3.63) is 53.1 Å². The molecule has 0 fully saturated rings. The maximum atomic E-state index is 13.1. The van der Waals surface area contributed by atoms with E-state index in [2.05, 4.69) is 5.10 Å². The van der Waals surface area contributed by atoms with Gasteiger partial charge in [0.25, 0.3) is 5.91 Å². The van der Waals surface area contributed by atoms with Crippen LogP contribution >= 0.6 is 0 Å². The average Bonchev–Trinajstić information content (AvgIpc) is 2.80. The minimum absolute atomic E-state index is 0.0187. The molecule has 0 radical (unpaired) electrons. The van der Waals surface area contributed by atoms with Crippen molar-refractivity contribution in [3.8, 4) is 6.07 Å². The molecule has 0 aliphatic rings. The first-order chi connectivity index (χ1) is 8.60. The molecular formula is C12H9FN4O. The fourth-order valence-electron chi connectivity index (χ4n) is 1.52. The molecule has 0 aliphatic heterocycles. The van der Waals surface area contributed by atoms with Crippen LogP contribution in [0, 0.1) is 17.1 Å². The Bertz CT molecular complexity index is 642. The lowest BCUT2D eigenvalue weighted by Crippen LogP contribution is -2.09. The zero-order chi connectivity index (χ0) is 13.1. The summed E-state index contributed by atoms with van der Waals surface area (Å²) in [7, 11) is 0. The van der Waals surface area contributed by atoms with Crippen molar-refractivity contribution >= 4 is 5.91 Å². The molecule has 0 saturated carbocycles. The second-order valence-electron chi connectivity index (χ2n) is 3.72. The Labute approximate surface area is 102 Å². The van der Waals surface area contributed by atoms with Gasteiger partial charge >= 0.3 is 0 Å². The van der Waals surface area contributed by atoms with Crippen molar-refractivity contribution in [2.45, 2.75) is 6.54 Å². The second kappa shape index (κ2) is 4.67. The number of primary amides is 1. The maximum Gasteiger partial charge on any atom is 0.251 e. The summed E-state index contributed by atoms with van der Waals surface area (Å²) in [5, 5.41) is 12.7. The van der Waals surface area contributed by atoms with Gasteiger partial charge in [-0.2, -0.15) is 10.4 Å². The molecule has 0 bridgehead atoms. The molecule has 0 aliphatic carbocycles. The number of benzene rings is 1. The first kappa shape index (κ1) is 11.8. The highest BCUT2D eigenvalue weighted by Gasteiger charge is 2.06. The topological polar surface area (TPSA) is 84.7 Å². The Morgan fingerprint density at radius 2 is 2.33 bits per heavy atom. The van der Waals surface area contributed by atoms with Crippen molar-refractivity contribution in [1.29, 1.82) is 5.26 Å². The quantitative estimate of drug-likeness (QED) is 0.875. The summed E-state index contributed by atoms with van der Waals surface area (Å²) in [6, 6.07) is 6.00.